The lowest BCUT2D eigenvalue weighted by atomic mass is 9.86. The fourth-order valence-corrected chi connectivity index (χ4v) is 15.2. The van der Waals surface area contributed by atoms with E-state index < -0.39 is 39.9 Å². The number of rotatable bonds is 13. The number of aromatic carboxylic acids is 1. The third-order valence-electron chi connectivity index (χ3n) is 21.8. The van der Waals surface area contributed by atoms with Gasteiger partial charge >= 0.3 is 17.9 Å². The van der Waals surface area contributed by atoms with Gasteiger partial charge in [0.05, 0.1) is 45.7 Å². The van der Waals surface area contributed by atoms with Gasteiger partial charge in [0, 0.05) is 122 Å². The predicted molar refractivity (Wildman–Crippen MR) is 428 cm³/mol. The summed E-state index contributed by atoms with van der Waals surface area (Å²) >= 11 is 0. The van der Waals surface area contributed by atoms with E-state index in [4.69, 9.17) is 38.4 Å². The predicted octanol–water partition coefficient (Wildman–Crippen LogP) is 15.7. The minimum atomic E-state index is -1.31. The van der Waals surface area contributed by atoms with Gasteiger partial charge in [-0.25, -0.2) is 32.9 Å². The fourth-order valence-electron chi connectivity index (χ4n) is 15.2. The monoisotopic (exact) mass is 1590 g/mol. The molecule has 1 aliphatic carbocycles. The van der Waals surface area contributed by atoms with Crippen LogP contribution in [0.3, 0.4) is 0 Å². The van der Waals surface area contributed by atoms with Crippen LogP contribution in [0.1, 0.15) is 199 Å². The number of fused-ring (bicyclic) bond motifs is 3. The molecule has 0 spiro atoms. The summed E-state index contributed by atoms with van der Waals surface area (Å²) in [5.74, 6) is -5.44. The van der Waals surface area contributed by atoms with E-state index >= 15 is 0 Å². The zero-order chi connectivity index (χ0) is 84.4. The van der Waals surface area contributed by atoms with E-state index in [1.807, 2.05) is 101 Å². The molecule has 27 heteroatoms. The largest absolute Gasteiger partial charge is 0.481 e. The molecular formula is C89H96F3N9O15. The number of hydrogen-bond acceptors (Lipinski definition) is 15. The van der Waals surface area contributed by atoms with Crippen molar-refractivity contribution in [2.24, 2.45) is 5.41 Å². The Morgan fingerprint density at radius 1 is 0.397 bits per heavy atom. The minimum absolute atomic E-state index is 0.0689. The molecule has 6 amide bonds. The lowest BCUT2D eigenvalue weighted by molar-refractivity contribution is -0.155. The van der Waals surface area contributed by atoms with Crippen LogP contribution in [0, 0.1) is 22.9 Å². The second-order valence-corrected chi connectivity index (χ2v) is 35.2. The highest BCUT2D eigenvalue weighted by molar-refractivity contribution is 6.05. The number of furan rings is 3. The van der Waals surface area contributed by atoms with Gasteiger partial charge in [0.2, 0.25) is 11.8 Å². The number of aromatic nitrogens is 3. The Kier molecular flexibility index (Phi) is 22.5. The normalized spacial score (nSPS) is 16.5. The van der Waals surface area contributed by atoms with Gasteiger partial charge in [-0.15, -0.1) is 0 Å². The van der Waals surface area contributed by atoms with Crippen LogP contribution in [0.2, 0.25) is 0 Å². The Hall–Kier alpha value is -12.0. The Morgan fingerprint density at radius 3 is 1.01 bits per heavy atom. The van der Waals surface area contributed by atoms with Crippen LogP contribution < -0.4 is 0 Å². The first-order chi connectivity index (χ1) is 54.2. The molecule has 4 fully saturated rings. The zero-order valence-electron chi connectivity index (χ0n) is 67.8. The summed E-state index contributed by atoms with van der Waals surface area (Å²) in [6.07, 6.45) is 0.409. The van der Waals surface area contributed by atoms with E-state index in [0.717, 1.165) is 33.4 Å². The fraction of sp³-hybridized carbons (Fsp3) is 0.393. The SMILES string of the molecule is CC(C)(C)c1cc(-c2ccc(F)cc2)nc2cc(C(=O)N3CCN(C(=O)C4(C(=O)O)CC4)CC3(C)C)oc12.CC(C)(C)c1cc(-c2ccc(F)cc2)nc2cc(C(=O)N3CCN(C(=O)CCC(=O)O)CC3(C)C)oc12.CC(C)(C)c1cc(-c2ccc(F)cc2)nc2cc(C(=O)N3CCN(C(=O)c4ccc(C(=O)O)cc4)CC3(C)C)oc12. The summed E-state index contributed by atoms with van der Waals surface area (Å²) in [7, 11) is 0. The third-order valence-corrected chi connectivity index (χ3v) is 21.8. The first kappa shape index (κ1) is 83.4. The number of carboxylic acids is 3. The van der Waals surface area contributed by atoms with E-state index in [9.17, 15) is 61.4 Å². The molecule has 0 radical (unpaired) electrons. The summed E-state index contributed by atoms with van der Waals surface area (Å²) in [6.45, 7) is 32.2. The maximum absolute atomic E-state index is 13.8. The summed E-state index contributed by atoms with van der Waals surface area (Å²) in [6, 6.07) is 34.8. The molecule has 14 rings (SSSR count). The van der Waals surface area contributed by atoms with Crippen molar-refractivity contribution in [2.75, 3.05) is 58.9 Å². The van der Waals surface area contributed by atoms with Crippen LogP contribution >= 0.6 is 0 Å². The number of carbonyl (C=O) groups is 9. The maximum Gasteiger partial charge on any atom is 0.335 e. The molecule has 24 nitrogen and oxygen atoms in total. The molecule has 4 aromatic carbocycles. The lowest BCUT2D eigenvalue weighted by Gasteiger charge is -2.47. The van der Waals surface area contributed by atoms with Crippen molar-refractivity contribution in [3.63, 3.8) is 0 Å². The van der Waals surface area contributed by atoms with Crippen molar-refractivity contribution in [3.8, 4) is 33.8 Å². The summed E-state index contributed by atoms with van der Waals surface area (Å²) in [5, 5.41) is 27.5. The Labute approximate surface area is 669 Å². The quantitative estimate of drug-likeness (QED) is 0.0903. The van der Waals surface area contributed by atoms with Crippen LogP contribution in [0.5, 0.6) is 0 Å². The van der Waals surface area contributed by atoms with Crippen LogP contribution in [0.4, 0.5) is 13.2 Å². The van der Waals surface area contributed by atoms with Gasteiger partial charge in [-0.3, -0.25) is 38.4 Å². The molecule has 0 unspecified atom stereocenters. The molecule has 608 valence electrons. The first-order valence-corrected chi connectivity index (χ1v) is 38.5. The van der Waals surface area contributed by atoms with Crippen molar-refractivity contribution >= 4 is 86.7 Å². The number of halogens is 3. The number of benzene rings is 4. The molecule has 0 bridgehead atoms. The highest BCUT2D eigenvalue weighted by Gasteiger charge is 2.60. The Bertz CT molecular complexity index is 5530. The molecule has 3 saturated heterocycles. The van der Waals surface area contributed by atoms with Crippen molar-refractivity contribution < 1.29 is 84.9 Å². The number of carboxylic acid groups (broad SMARTS) is 3. The van der Waals surface area contributed by atoms with E-state index in [1.54, 1.807) is 84.0 Å². The van der Waals surface area contributed by atoms with Gasteiger partial charge in [0.25, 0.3) is 23.6 Å². The van der Waals surface area contributed by atoms with E-state index in [0.29, 0.717) is 102 Å². The number of aliphatic carboxylic acids is 2. The topological polar surface area (TPSA) is 312 Å². The molecule has 116 heavy (non-hydrogen) atoms. The second-order valence-electron chi connectivity index (χ2n) is 35.2. The summed E-state index contributed by atoms with van der Waals surface area (Å²) in [4.78, 5) is 137. The first-order valence-electron chi connectivity index (χ1n) is 38.5. The van der Waals surface area contributed by atoms with E-state index in [1.165, 1.54) is 60.7 Å². The molecular weight excluding hydrogens is 1490 g/mol. The molecule has 0 atom stereocenters. The molecule has 9 heterocycles. The maximum atomic E-state index is 13.8. The number of pyridine rings is 3. The molecule has 6 aromatic heterocycles. The Balaban J connectivity index is 0.000000161. The van der Waals surface area contributed by atoms with Gasteiger partial charge in [-0.05, 0) is 186 Å². The van der Waals surface area contributed by atoms with Crippen molar-refractivity contribution in [3.05, 3.63) is 196 Å². The van der Waals surface area contributed by atoms with E-state index in [2.05, 4.69) is 20.8 Å². The van der Waals surface area contributed by atoms with Gasteiger partial charge in [0.15, 0.2) is 34.0 Å². The molecule has 1 saturated carbocycles. The van der Waals surface area contributed by atoms with Crippen molar-refractivity contribution in [2.45, 2.75) is 162 Å². The smallest absolute Gasteiger partial charge is 0.335 e. The molecule has 4 aliphatic rings. The summed E-state index contributed by atoms with van der Waals surface area (Å²) in [5.41, 5.74) is 6.18. The van der Waals surface area contributed by atoms with Crippen LogP contribution in [0.25, 0.3) is 67.1 Å². The number of amides is 6. The van der Waals surface area contributed by atoms with Gasteiger partial charge in [-0.2, -0.15) is 0 Å². The standard InChI is InChI=1S/C32H32FN3O5.C29H32FN3O5.C28H32FN3O5/c1-31(2,3)23-16-24(19-10-12-22(33)13-11-19)34-25-17-26(41-27(23)25)29(38)36-15-14-35(18-32(36,4)5)28(37)20-6-8-21(9-7-20)30(39)40;1-27(2,3)19-14-20(17-6-8-18(30)9-7-17)31-21-15-22(38-23(19)21)24(34)33-13-12-32(16-28(33,4)5)25(35)29(10-11-29)26(36)37;1-27(2,3)19-14-20(17-6-8-18(29)9-7-17)30-21-15-22(37-25(19)21)26(36)32-13-12-31(16-28(32,4)5)23(33)10-11-24(34)35/h6-13,16-17H,14-15,18H2,1-5H3,(H,39,40);6-9,14-15H,10-13,16H2,1-5H3,(H,36,37);6-9,14-15H,10-13,16H2,1-5H3,(H,34,35). The Morgan fingerprint density at radius 2 is 0.707 bits per heavy atom. The third kappa shape index (κ3) is 17.5. The van der Waals surface area contributed by atoms with Crippen LogP contribution in [-0.2, 0) is 35.4 Å². The number of nitrogens with zero attached hydrogens (tertiary/aromatic N) is 9. The molecule has 3 N–H and O–H groups in total. The van der Waals surface area contributed by atoms with Gasteiger partial charge in [0.1, 0.15) is 39.4 Å². The zero-order valence-corrected chi connectivity index (χ0v) is 67.8. The van der Waals surface area contributed by atoms with Crippen LogP contribution in [-0.4, -0.2) is 189 Å². The molecule has 3 aliphatic heterocycles. The van der Waals surface area contributed by atoms with Crippen LogP contribution in [0.15, 0.2) is 147 Å². The average molecular weight is 1590 g/mol. The molecule has 10 aromatic rings. The summed E-state index contributed by atoms with van der Waals surface area (Å²) < 4.78 is 58.9. The van der Waals surface area contributed by atoms with E-state index in [-0.39, 0.29) is 131 Å². The lowest BCUT2D eigenvalue weighted by Crippen LogP contribution is -2.63. The number of piperazine rings is 3. The second kappa shape index (κ2) is 31.3. The number of carbonyl (C=O) groups excluding carboxylic acids is 6. The highest BCUT2D eigenvalue weighted by atomic mass is 19.1. The minimum Gasteiger partial charge on any atom is -0.481 e. The van der Waals surface area contributed by atoms with Crippen molar-refractivity contribution in [1.82, 2.24) is 44.4 Å². The highest BCUT2D eigenvalue weighted by Crippen LogP contribution is 2.49. The average Bonchev–Trinajstić information content (AvgIpc) is 1.59. The number of hydrogen-bond donors (Lipinski definition) is 3. The van der Waals surface area contributed by atoms with Gasteiger partial charge in [-0.1, -0.05) is 62.3 Å². The van der Waals surface area contributed by atoms with Gasteiger partial charge < -0.3 is 58.0 Å². The van der Waals surface area contributed by atoms with Crippen molar-refractivity contribution in [1.29, 1.82) is 0 Å².